The van der Waals surface area contributed by atoms with Gasteiger partial charge in [0.05, 0.1) is 0 Å². The third kappa shape index (κ3) is 4.11. The van der Waals surface area contributed by atoms with Gasteiger partial charge in [0.2, 0.25) is 0 Å². The van der Waals surface area contributed by atoms with Crippen LogP contribution in [0.1, 0.15) is 38.8 Å². The van der Waals surface area contributed by atoms with Crippen molar-refractivity contribution in [3.8, 4) is 0 Å². The van der Waals surface area contributed by atoms with Crippen molar-refractivity contribution in [1.29, 1.82) is 0 Å². The molecule has 1 unspecified atom stereocenters. The van der Waals surface area contributed by atoms with Gasteiger partial charge in [0, 0.05) is 9.61 Å². The smallest absolute Gasteiger partial charge is 0.0333 e. The van der Waals surface area contributed by atoms with Gasteiger partial charge >= 0.3 is 0 Å². The van der Waals surface area contributed by atoms with Crippen LogP contribution in [0.15, 0.2) is 24.3 Å². The maximum absolute atomic E-state index is 3.57. The highest BCUT2D eigenvalue weighted by Crippen LogP contribution is 2.25. The Labute approximate surface area is 107 Å². The number of hydrogen-bond acceptors (Lipinski definition) is 1. The Morgan fingerprint density at radius 1 is 1.27 bits per heavy atom. The second kappa shape index (κ2) is 6.48. The molecule has 0 radical (unpaired) electrons. The monoisotopic (exact) mass is 317 g/mol. The Hall–Kier alpha value is -0.0900. The molecule has 0 saturated heterocycles. The molecule has 0 spiro atoms. The highest BCUT2D eigenvalue weighted by Gasteiger charge is 2.14. The van der Waals surface area contributed by atoms with Gasteiger partial charge in [0.1, 0.15) is 0 Å². The largest absolute Gasteiger partial charge is 0.310 e. The molecule has 1 atom stereocenters. The van der Waals surface area contributed by atoms with Crippen molar-refractivity contribution in [1.82, 2.24) is 5.32 Å². The molecule has 0 aromatic heterocycles. The average Bonchev–Trinajstić information content (AvgIpc) is 2.17. The van der Waals surface area contributed by atoms with E-state index in [4.69, 9.17) is 0 Å². The van der Waals surface area contributed by atoms with Crippen LogP contribution in [0.4, 0.5) is 0 Å². The minimum atomic E-state index is 0.503. The van der Waals surface area contributed by atoms with Crippen LogP contribution in [0.3, 0.4) is 0 Å². The zero-order chi connectivity index (χ0) is 11.3. The van der Waals surface area contributed by atoms with E-state index in [0.717, 1.165) is 12.5 Å². The second-order valence-corrected chi connectivity index (χ2v) is 5.42. The van der Waals surface area contributed by atoms with Gasteiger partial charge in [0.15, 0.2) is 0 Å². The molecule has 0 amide bonds. The number of benzene rings is 1. The van der Waals surface area contributed by atoms with Gasteiger partial charge in [0.25, 0.3) is 0 Å². The van der Waals surface area contributed by atoms with E-state index >= 15 is 0 Å². The van der Waals surface area contributed by atoms with Gasteiger partial charge in [-0.2, -0.15) is 0 Å². The van der Waals surface area contributed by atoms with Gasteiger partial charge in [-0.05, 0) is 53.1 Å². The second-order valence-electron chi connectivity index (χ2n) is 4.26. The predicted molar refractivity (Wildman–Crippen MR) is 75.0 cm³/mol. The maximum atomic E-state index is 3.57. The van der Waals surface area contributed by atoms with Crippen LogP contribution in [0, 0.1) is 9.49 Å². The molecule has 1 N–H and O–H groups in total. The van der Waals surface area contributed by atoms with Crippen LogP contribution in [-0.4, -0.2) is 6.54 Å². The Balaban J connectivity index is 2.83. The lowest BCUT2D eigenvalue weighted by molar-refractivity contribution is 0.437. The summed E-state index contributed by atoms with van der Waals surface area (Å²) in [5.74, 6) is 0.727. The highest BCUT2D eigenvalue weighted by atomic mass is 127. The number of rotatable bonds is 5. The van der Waals surface area contributed by atoms with E-state index < -0.39 is 0 Å². The minimum absolute atomic E-state index is 0.503. The van der Waals surface area contributed by atoms with Gasteiger partial charge in [-0.1, -0.05) is 39.0 Å². The van der Waals surface area contributed by atoms with Crippen molar-refractivity contribution in [3.63, 3.8) is 0 Å². The number of hydrogen-bond donors (Lipinski definition) is 1. The molecule has 0 aliphatic rings. The molecule has 1 rings (SSSR count). The summed E-state index contributed by atoms with van der Waals surface area (Å²) in [6.45, 7) is 7.76. The first kappa shape index (κ1) is 13.0. The molecule has 15 heavy (non-hydrogen) atoms. The molecule has 0 aliphatic heterocycles. The van der Waals surface area contributed by atoms with Crippen molar-refractivity contribution in [2.75, 3.05) is 6.54 Å². The lowest BCUT2D eigenvalue weighted by Crippen LogP contribution is -2.23. The molecular formula is C13H20IN. The molecule has 0 fully saturated rings. The van der Waals surface area contributed by atoms with Crippen LogP contribution in [0.5, 0.6) is 0 Å². The Bertz CT molecular complexity index is 296. The first-order chi connectivity index (χ1) is 7.15. The van der Waals surface area contributed by atoms with E-state index in [1.54, 1.807) is 0 Å². The van der Waals surface area contributed by atoms with Crippen molar-refractivity contribution in [2.45, 2.75) is 33.2 Å². The summed E-state index contributed by atoms with van der Waals surface area (Å²) in [5, 5.41) is 3.57. The molecule has 1 aromatic rings. The molecular weight excluding hydrogens is 297 g/mol. The minimum Gasteiger partial charge on any atom is -0.310 e. The fourth-order valence-electron chi connectivity index (χ4n) is 1.80. The topological polar surface area (TPSA) is 12.0 Å². The molecule has 0 aliphatic carbocycles. The van der Waals surface area contributed by atoms with Gasteiger partial charge in [-0.25, -0.2) is 0 Å². The Morgan fingerprint density at radius 3 is 2.47 bits per heavy atom. The van der Waals surface area contributed by atoms with E-state index in [1.807, 2.05) is 0 Å². The van der Waals surface area contributed by atoms with Crippen LogP contribution >= 0.6 is 22.6 Å². The summed E-state index contributed by atoms with van der Waals surface area (Å²) in [6.07, 6.45) is 1.20. The quantitative estimate of drug-likeness (QED) is 0.810. The summed E-state index contributed by atoms with van der Waals surface area (Å²) >= 11 is 2.42. The molecule has 84 valence electrons. The van der Waals surface area contributed by atoms with Gasteiger partial charge in [-0.15, -0.1) is 0 Å². The van der Waals surface area contributed by atoms with Gasteiger partial charge < -0.3 is 5.32 Å². The number of halogens is 1. The van der Waals surface area contributed by atoms with E-state index in [9.17, 15) is 0 Å². The number of nitrogens with one attached hydrogen (secondary N) is 1. The average molecular weight is 317 g/mol. The molecule has 2 heteroatoms. The van der Waals surface area contributed by atoms with Crippen LogP contribution < -0.4 is 5.32 Å². The lowest BCUT2D eigenvalue weighted by Gasteiger charge is -2.21. The summed E-state index contributed by atoms with van der Waals surface area (Å²) in [6, 6.07) is 9.15. The SMILES string of the molecule is CCNC(CC(C)C)c1ccccc1I. The molecule has 1 aromatic carbocycles. The van der Waals surface area contributed by atoms with Crippen molar-refractivity contribution >= 4 is 22.6 Å². The van der Waals surface area contributed by atoms with E-state index in [0.29, 0.717) is 6.04 Å². The Kier molecular flexibility index (Phi) is 5.61. The van der Waals surface area contributed by atoms with Crippen LogP contribution in [0.25, 0.3) is 0 Å². The zero-order valence-corrected chi connectivity index (χ0v) is 11.9. The predicted octanol–water partition coefficient (Wildman–Crippen LogP) is 3.99. The first-order valence-electron chi connectivity index (χ1n) is 5.63. The van der Waals surface area contributed by atoms with Crippen molar-refractivity contribution in [3.05, 3.63) is 33.4 Å². The third-order valence-electron chi connectivity index (χ3n) is 2.44. The summed E-state index contributed by atoms with van der Waals surface area (Å²) in [4.78, 5) is 0. The van der Waals surface area contributed by atoms with Crippen molar-refractivity contribution in [2.24, 2.45) is 5.92 Å². The summed E-state index contributed by atoms with van der Waals surface area (Å²) in [5.41, 5.74) is 1.44. The standard InChI is InChI=1S/C13H20IN/c1-4-15-13(9-10(2)3)11-7-5-6-8-12(11)14/h5-8,10,13,15H,4,9H2,1-3H3. The summed E-state index contributed by atoms with van der Waals surface area (Å²) < 4.78 is 1.36. The molecule has 0 bridgehead atoms. The highest BCUT2D eigenvalue weighted by molar-refractivity contribution is 14.1. The zero-order valence-electron chi connectivity index (χ0n) is 9.76. The molecule has 1 nitrogen and oxygen atoms in total. The molecule has 0 heterocycles. The van der Waals surface area contributed by atoms with Crippen molar-refractivity contribution < 1.29 is 0 Å². The fourth-order valence-corrected chi connectivity index (χ4v) is 2.56. The normalized spacial score (nSPS) is 13.1. The van der Waals surface area contributed by atoms with Crippen LogP contribution in [0.2, 0.25) is 0 Å². The fraction of sp³-hybridized carbons (Fsp3) is 0.538. The van der Waals surface area contributed by atoms with Gasteiger partial charge in [-0.3, -0.25) is 0 Å². The first-order valence-corrected chi connectivity index (χ1v) is 6.70. The van der Waals surface area contributed by atoms with E-state index in [1.165, 1.54) is 15.6 Å². The maximum Gasteiger partial charge on any atom is 0.0333 e. The van der Waals surface area contributed by atoms with Crippen LogP contribution in [-0.2, 0) is 0 Å². The van der Waals surface area contributed by atoms with E-state index in [2.05, 4.69) is 72.9 Å². The lowest BCUT2D eigenvalue weighted by atomic mass is 9.97. The molecule has 0 saturated carbocycles. The summed E-state index contributed by atoms with van der Waals surface area (Å²) in [7, 11) is 0. The third-order valence-corrected chi connectivity index (χ3v) is 3.42. The Morgan fingerprint density at radius 2 is 1.93 bits per heavy atom. The van der Waals surface area contributed by atoms with E-state index in [-0.39, 0.29) is 0 Å².